The number of aromatic nitrogens is 2. The molecule has 0 saturated heterocycles. The number of anilines is 3. The molecule has 0 spiro atoms. The molecule has 5 rings (SSSR count). The van der Waals surface area contributed by atoms with Crippen molar-refractivity contribution in [2.75, 3.05) is 69.5 Å². The van der Waals surface area contributed by atoms with E-state index < -0.39 is 68.8 Å². The number of nitrogens with zero attached hydrogens (tertiary/aromatic N) is 6. The van der Waals surface area contributed by atoms with Crippen LogP contribution in [0, 0.1) is 0 Å². The molecule has 22 nitrogen and oxygen atoms in total. The third-order valence-corrected chi connectivity index (χ3v) is 12.6. The molecule has 7 amide bonds. The lowest BCUT2D eigenvalue weighted by atomic mass is 10.0. The van der Waals surface area contributed by atoms with Gasteiger partial charge in [-0.3, -0.25) is 14.4 Å². The zero-order chi connectivity index (χ0) is 50.1. The molecule has 0 bridgehead atoms. The molecule has 0 aliphatic rings. The average Bonchev–Trinajstić information content (AvgIpc) is 3.33. The van der Waals surface area contributed by atoms with Crippen LogP contribution in [0.3, 0.4) is 0 Å². The lowest BCUT2D eigenvalue weighted by molar-refractivity contribution is -0.130. The Balaban J connectivity index is 1.27. The minimum absolute atomic E-state index is 0.0169. The lowest BCUT2D eigenvalue weighted by Gasteiger charge is -2.30. The summed E-state index contributed by atoms with van der Waals surface area (Å²) in [6, 6.07) is 26.8. The number of hydrogen-bond donors (Lipinski definition) is 5. The van der Waals surface area contributed by atoms with Crippen molar-refractivity contribution in [3.05, 3.63) is 139 Å². The van der Waals surface area contributed by atoms with E-state index in [9.17, 15) is 40.8 Å². The number of nitrogens with one attached hydrogen (secondary N) is 5. The molecule has 69 heavy (non-hydrogen) atoms. The molecule has 1 unspecified atom stereocenters. The van der Waals surface area contributed by atoms with Crippen molar-refractivity contribution >= 4 is 67.5 Å². The molecule has 0 aliphatic carbocycles. The van der Waals surface area contributed by atoms with Crippen LogP contribution in [0.5, 0.6) is 11.5 Å². The van der Waals surface area contributed by atoms with Crippen LogP contribution in [0.1, 0.15) is 11.1 Å². The number of rotatable bonds is 22. The highest BCUT2D eigenvalue weighted by molar-refractivity contribution is 7.91. The van der Waals surface area contributed by atoms with Gasteiger partial charge in [0.25, 0.3) is 0 Å². The van der Waals surface area contributed by atoms with Crippen LogP contribution in [-0.4, -0.2) is 133 Å². The number of urea groups is 2. The van der Waals surface area contributed by atoms with Crippen molar-refractivity contribution in [3.8, 4) is 11.5 Å². The molecule has 1 aromatic heterocycles. The minimum Gasteiger partial charge on any atom is -0.497 e. The lowest BCUT2D eigenvalue weighted by Crippen LogP contribution is -2.55. The first kappa shape index (κ1) is 52.1. The fourth-order valence-electron chi connectivity index (χ4n) is 6.54. The Labute approximate surface area is 400 Å². The van der Waals surface area contributed by atoms with E-state index in [1.165, 1.54) is 56.6 Å². The Bertz CT molecular complexity index is 2740. The van der Waals surface area contributed by atoms with E-state index in [0.29, 0.717) is 38.3 Å². The van der Waals surface area contributed by atoms with Crippen molar-refractivity contribution in [3.63, 3.8) is 0 Å². The van der Waals surface area contributed by atoms with Gasteiger partial charge < -0.3 is 34.8 Å². The third-order valence-electron chi connectivity index (χ3n) is 10.3. The monoisotopic (exact) mass is 987 g/mol. The summed E-state index contributed by atoms with van der Waals surface area (Å²) in [6.45, 7) is -1.13. The molecule has 0 aliphatic heterocycles. The molecule has 5 N–H and O–H groups in total. The SMILES string of the molecule is COc1ccc(N(C)C(=O)[C@H](Cc2ccccc2)NC(=O)NS(=O)(=O)N(C)CC(=O)N(C)CCN(C(=O)C(Cc2ccccc2)NC(=O)NS(=O)(=O)Nc2ncccn2)c2ccc(OC)cc2)cc1. The Hall–Kier alpha value is -7.83. The van der Waals surface area contributed by atoms with Gasteiger partial charge >= 0.3 is 32.5 Å². The number of amides is 7. The molecule has 0 saturated carbocycles. The molecular formula is C45H53N11O11S2. The number of hydrogen-bond acceptors (Lipinski definition) is 13. The highest BCUT2D eigenvalue weighted by atomic mass is 32.2. The molecule has 24 heteroatoms. The number of carbonyl (C=O) groups is 5. The Morgan fingerprint density at radius 2 is 1.07 bits per heavy atom. The van der Waals surface area contributed by atoms with E-state index in [-0.39, 0.29) is 31.9 Å². The Kier molecular flexibility index (Phi) is 18.3. The van der Waals surface area contributed by atoms with Gasteiger partial charge in [0, 0.05) is 70.8 Å². The van der Waals surface area contributed by atoms with Crippen molar-refractivity contribution < 1.29 is 50.3 Å². The molecule has 366 valence electrons. The van der Waals surface area contributed by atoms with Gasteiger partial charge in [0.2, 0.25) is 23.7 Å². The van der Waals surface area contributed by atoms with Crippen LogP contribution in [0.25, 0.3) is 0 Å². The number of carbonyl (C=O) groups excluding carboxylic acids is 5. The Morgan fingerprint density at radius 1 is 0.594 bits per heavy atom. The summed E-state index contributed by atoms with van der Waals surface area (Å²) in [4.78, 5) is 79.7. The number of benzene rings is 4. The first-order valence-electron chi connectivity index (χ1n) is 21.0. The summed E-state index contributed by atoms with van der Waals surface area (Å²) in [5.41, 5.74) is 2.10. The van der Waals surface area contributed by atoms with Crippen molar-refractivity contribution in [1.82, 2.24) is 39.3 Å². The predicted octanol–water partition coefficient (Wildman–Crippen LogP) is 2.30. The standard InChI is InChI=1S/C45H53N11O11S2/c1-53(40(57)31-54(2)69(64,65)52-45(61)48-38(29-32-13-8-6-9-14-32)41(58)55(3)34-17-21-36(66-4)22-18-34)27-28-56(35-19-23-37(67-5)24-20-35)42(59)39(30-33-15-10-7-11-16-33)49-44(60)51-68(62,63)50-43-46-25-12-26-47-43/h6-26,38-39H,27-31H2,1-5H3,(H,46,47,50)(H2,48,52,61)(H2,49,51,60)/t38-,39?/m0/s1. The van der Waals surface area contributed by atoms with E-state index in [2.05, 4.69) is 20.6 Å². The summed E-state index contributed by atoms with van der Waals surface area (Å²) in [5.74, 6) is -1.27. The second-order valence-corrected chi connectivity index (χ2v) is 18.4. The zero-order valence-electron chi connectivity index (χ0n) is 38.3. The van der Waals surface area contributed by atoms with Crippen molar-refractivity contribution in [2.24, 2.45) is 0 Å². The molecular weight excluding hydrogens is 935 g/mol. The second-order valence-electron chi connectivity index (χ2n) is 15.2. The first-order chi connectivity index (χ1) is 32.9. The normalized spacial score (nSPS) is 12.1. The second kappa shape index (κ2) is 24.3. The zero-order valence-corrected chi connectivity index (χ0v) is 39.9. The maximum atomic E-state index is 14.5. The van der Waals surface area contributed by atoms with Gasteiger partial charge in [0.1, 0.15) is 23.6 Å². The third kappa shape index (κ3) is 15.6. The molecule has 4 aromatic carbocycles. The maximum Gasteiger partial charge on any atom is 0.330 e. The van der Waals surface area contributed by atoms with Crippen LogP contribution in [-0.2, 0) is 47.6 Å². The van der Waals surface area contributed by atoms with Crippen LogP contribution in [0.2, 0.25) is 0 Å². The summed E-state index contributed by atoms with van der Waals surface area (Å²) >= 11 is 0. The van der Waals surface area contributed by atoms with E-state index in [1.54, 1.807) is 114 Å². The van der Waals surface area contributed by atoms with Gasteiger partial charge in [-0.1, -0.05) is 60.7 Å². The van der Waals surface area contributed by atoms with Gasteiger partial charge in [-0.15, -0.1) is 0 Å². The largest absolute Gasteiger partial charge is 0.497 e. The van der Waals surface area contributed by atoms with Crippen LogP contribution >= 0.6 is 0 Å². The minimum atomic E-state index is -4.68. The topological polar surface area (TPSA) is 271 Å². The molecule has 0 radical (unpaired) electrons. The van der Waals surface area contributed by atoms with E-state index >= 15 is 0 Å². The van der Waals surface area contributed by atoms with Crippen molar-refractivity contribution in [2.45, 2.75) is 24.9 Å². The van der Waals surface area contributed by atoms with Gasteiger partial charge in [0.05, 0.1) is 20.8 Å². The van der Waals surface area contributed by atoms with Gasteiger partial charge in [-0.25, -0.2) is 33.7 Å². The van der Waals surface area contributed by atoms with E-state index in [0.717, 1.165) is 11.9 Å². The quantitative estimate of drug-likeness (QED) is 0.0667. The molecule has 5 aromatic rings. The number of methoxy groups -OCH3 is 2. The molecule has 1 heterocycles. The number of likely N-dealkylation sites (N-methyl/N-ethyl adjacent to an activating group) is 3. The van der Waals surface area contributed by atoms with E-state index in [4.69, 9.17) is 9.47 Å². The smallest absolute Gasteiger partial charge is 0.330 e. The highest BCUT2D eigenvalue weighted by Gasteiger charge is 2.32. The molecule has 0 fully saturated rings. The number of ether oxygens (including phenoxy) is 2. The van der Waals surface area contributed by atoms with Crippen LogP contribution < -0.4 is 44.1 Å². The average molecular weight is 988 g/mol. The molecule has 2 atom stereocenters. The summed E-state index contributed by atoms with van der Waals surface area (Å²) in [5, 5.41) is 4.92. The fourth-order valence-corrected chi connectivity index (χ4v) is 7.97. The maximum absolute atomic E-state index is 14.5. The first-order valence-corrected chi connectivity index (χ1v) is 23.9. The fraction of sp³-hybridized carbons (Fsp3) is 0.267. The summed E-state index contributed by atoms with van der Waals surface area (Å²) in [6.07, 6.45) is 2.50. The summed E-state index contributed by atoms with van der Waals surface area (Å²) in [7, 11) is -2.33. The van der Waals surface area contributed by atoms with Gasteiger partial charge in [-0.2, -0.15) is 21.1 Å². The van der Waals surface area contributed by atoms with Crippen molar-refractivity contribution in [1.29, 1.82) is 0 Å². The van der Waals surface area contributed by atoms with E-state index in [1.807, 2.05) is 9.44 Å². The van der Waals surface area contributed by atoms with Crippen LogP contribution in [0.15, 0.2) is 128 Å². The predicted molar refractivity (Wildman–Crippen MR) is 257 cm³/mol. The van der Waals surface area contributed by atoms with Gasteiger partial charge in [-0.05, 0) is 65.7 Å². The Morgan fingerprint density at radius 3 is 1.58 bits per heavy atom. The highest BCUT2D eigenvalue weighted by Crippen LogP contribution is 2.22. The van der Waals surface area contributed by atoms with Gasteiger partial charge in [0.15, 0.2) is 0 Å². The van der Waals surface area contributed by atoms with Crippen LogP contribution in [0.4, 0.5) is 26.9 Å². The summed E-state index contributed by atoms with van der Waals surface area (Å²) < 4.78 is 69.2.